The SMILES string of the molecule is C[Si](C)(C)C#Cc1ccc(NC(=O)Cc2cccc(OC(F)(F)F)c2)nc1. The summed E-state index contributed by atoms with van der Waals surface area (Å²) < 4.78 is 40.6. The predicted octanol–water partition coefficient (Wildman–Crippen LogP) is 4.39. The number of anilines is 1. The Labute approximate surface area is 156 Å². The van der Waals surface area contributed by atoms with Gasteiger partial charge in [-0.3, -0.25) is 4.79 Å². The molecule has 4 nitrogen and oxygen atoms in total. The van der Waals surface area contributed by atoms with Crippen LogP contribution in [0, 0.1) is 11.5 Å². The molecule has 2 aromatic rings. The first-order valence-electron chi connectivity index (χ1n) is 8.14. The van der Waals surface area contributed by atoms with Crippen molar-refractivity contribution in [1.29, 1.82) is 0 Å². The number of pyridine rings is 1. The Kier molecular flexibility index (Phi) is 6.28. The van der Waals surface area contributed by atoms with E-state index in [1.54, 1.807) is 24.4 Å². The zero-order valence-corrected chi connectivity index (χ0v) is 16.1. The monoisotopic (exact) mass is 392 g/mol. The van der Waals surface area contributed by atoms with E-state index in [-0.39, 0.29) is 12.2 Å². The maximum absolute atomic E-state index is 12.3. The zero-order valence-electron chi connectivity index (χ0n) is 15.1. The van der Waals surface area contributed by atoms with Crippen molar-refractivity contribution in [2.75, 3.05) is 5.32 Å². The molecule has 0 saturated carbocycles. The number of aromatic nitrogens is 1. The van der Waals surface area contributed by atoms with Gasteiger partial charge in [0.15, 0.2) is 0 Å². The third-order valence-corrected chi connectivity index (χ3v) is 3.98. The Morgan fingerprint density at radius 1 is 1.22 bits per heavy atom. The van der Waals surface area contributed by atoms with Gasteiger partial charge >= 0.3 is 6.36 Å². The van der Waals surface area contributed by atoms with Crippen LogP contribution in [-0.2, 0) is 11.2 Å². The van der Waals surface area contributed by atoms with Crippen LogP contribution in [0.3, 0.4) is 0 Å². The number of hydrogen-bond donors (Lipinski definition) is 1. The summed E-state index contributed by atoms with van der Waals surface area (Å²) in [6, 6.07) is 8.69. The Morgan fingerprint density at radius 2 is 1.96 bits per heavy atom. The number of halogens is 3. The molecule has 0 bridgehead atoms. The summed E-state index contributed by atoms with van der Waals surface area (Å²) in [5.74, 6) is 2.65. The molecule has 0 aliphatic carbocycles. The molecule has 0 aliphatic rings. The van der Waals surface area contributed by atoms with Crippen LogP contribution >= 0.6 is 0 Å². The van der Waals surface area contributed by atoms with Gasteiger partial charge in [0.2, 0.25) is 5.91 Å². The second kappa shape index (κ2) is 8.27. The van der Waals surface area contributed by atoms with E-state index in [1.807, 2.05) is 0 Å². The van der Waals surface area contributed by atoms with Crippen LogP contribution in [0.4, 0.5) is 19.0 Å². The molecule has 1 aromatic heterocycles. The molecule has 0 saturated heterocycles. The molecule has 1 amide bonds. The molecule has 0 radical (unpaired) electrons. The van der Waals surface area contributed by atoms with E-state index in [4.69, 9.17) is 0 Å². The first-order valence-corrected chi connectivity index (χ1v) is 11.6. The summed E-state index contributed by atoms with van der Waals surface area (Å²) >= 11 is 0. The number of carbonyl (C=O) groups is 1. The summed E-state index contributed by atoms with van der Waals surface area (Å²) in [5.41, 5.74) is 4.37. The second-order valence-electron chi connectivity index (χ2n) is 6.85. The Bertz CT molecular complexity index is 863. The molecule has 0 atom stereocenters. The third kappa shape index (κ3) is 7.96. The van der Waals surface area contributed by atoms with E-state index in [0.717, 1.165) is 5.56 Å². The van der Waals surface area contributed by atoms with Crippen LogP contribution in [0.1, 0.15) is 11.1 Å². The van der Waals surface area contributed by atoms with Crippen molar-refractivity contribution in [3.63, 3.8) is 0 Å². The molecule has 27 heavy (non-hydrogen) atoms. The van der Waals surface area contributed by atoms with E-state index in [0.29, 0.717) is 11.4 Å². The fraction of sp³-hybridized carbons (Fsp3) is 0.263. The van der Waals surface area contributed by atoms with Crippen LogP contribution in [0.25, 0.3) is 0 Å². The van der Waals surface area contributed by atoms with Gasteiger partial charge in [-0.2, -0.15) is 0 Å². The lowest BCUT2D eigenvalue weighted by atomic mass is 10.1. The van der Waals surface area contributed by atoms with Crippen LogP contribution in [0.5, 0.6) is 5.75 Å². The number of nitrogens with zero attached hydrogens (tertiary/aromatic N) is 1. The van der Waals surface area contributed by atoms with Crippen molar-refractivity contribution in [1.82, 2.24) is 4.98 Å². The minimum absolute atomic E-state index is 0.103. The molecule has 0 fully saturated rings. The standard InChI is InChI=1S/C19H19F3N2O2Si/c1-27(2,3)10-9-14-7-8-17(23-13-14)24-18(25)12-15-5-4-6-16(11-15)26-19(20,21)22/h4-8,11,13H,12H2,1-3H3,(H,23,24,25). The highest BCUT2D eigenvalue weighted by Gasteiger charge is 2.31. The predicted molar refractivity (Wildman–Crippen MR) is 99.9 cm³/mol. The van der Waals surface area contributed by atoms with Gasteiger partial charge in [-0.15, -0.1) is 18.7 Å². The molecule has 0 spiro atoms. The van der Waals surface area contributed by atoms with Crippen molar-refractivity contribution < 1.29 is 22.7 Å². The topological polar surface area (TPSA) is 51.2 Å². The Balaban J connectivity index is 1.97. The van der Waals surface area contributed by atoms with Gasteiger partial charge in [-0.05, 0) is 29.8 Å². The lowest BCUT2D eigenvalue weighted by molar-refractivity contribution is -0.274. The van der Waals surface area contributed by atoms with Gasteiger partial charge in [-0.1, -0.05) is 37.7 Å². The lowest BCUT2D eigenvalue weighted by Crippen LogP contribution is -2.18. The maximum Gasteiger partial charge on any atom is 0.573 e. The second-order valence-corrected chi connectivity index (χ2v) is 11.6. The Morgan fingerprint density at radius 3 is 2.56 bits per heavy atom. The molecule has 0 unspecified atom stereocenters. The van der Waals surface area contributed by atoms with Crippen molar-refractivity contribution >= 4 is 19.8 Å². The number of alkyl halides is 3. The van der Waals surface area contributed by atoms with Crippen molar-refractivity contribution in [2.45, 2.75) is 32.4 Å². The quantitative estimate of drug-likeness (QED) is 0.620. The summed E-state index contributed by atoms with van der Waals surface area (Å²) in [6.07, 6.45) is -3.31. The molecular weight excluding hydrogens is 373 g/mol. The average Bonchev–Trinajstić information content (AvgIpc) is 2.52. The van der Waals surface area contributed by atoms with Crippen molar-refractivity contribution in [2.24, 2.45) is 0 Å². The number of nitrogens with one attached hydrogen (secondary N) is 1. The van der Waals surface area contributed by atoms with Gasteiger partial charge in [0.05, 0.1) is 6.42 Å². The summed E-state index contributed by atoms with van der Waals surface area (Å²) in [5, 5.41) is 2.61. The van der Waals surface area contributed by atoms with E-state index in [2.05, 4.69) is 46.1 Å². The molecule has 142 valence electrons. The number of carbonyl (C=O) groups excluding carboxylic acids is 1. The van der Waals surface area contributed by atoms with Crippen molar-refractivity contribution in [3.05, 3.63) is 53.7 Å². The van der Waals surface area contributed by atoms with Gasteiger partial charge in [0, 0.05) is 11.8 Å². The summed E-state index contributed by atoms with van der Waals surface area (Å²) in [7, 11) is -1.48. The maximum atomic E-state index is 12.3. The number of hydrogen-bond acceptors (Lipinski definition) is 3. The van der Waals surface area contributed by atoms with Crippen LogP contribution in [0.2, 0.25) is 19.6 Å². The number of rotatable bonds is 4. The van der Waals surface area contributed by atoms with E-state index in [1.165, 1.54) is 18.2 Å². The first-order chi connectivity index (χ1) is 12.5. The molecular formula is C19H19F3N2O2Si. The fourth-order valence-corrected chi connectivity index (χ4v) is 2.55. The van der Waals surface area contributed by atoms with Gasteiger partial charge in [-0.25, -0.2) is 4.98 Å². The zero-order chi connectivity index (χ0) is 20.1. The molecule has 1 heterocycles. The molecule has 0 aliphatic heterocycles. The first kappa shape index (κ1) is 20.5. The molecule has 1 N–H and O–H groups in total. The van der Waals surface area contributed by atoms with Crippen LogP contribution in [0.15, 0.2) is 42.6 Å². The lowest BCUT2D eigenvalue weighted by Gasteiger charge is -2.10. The minimum atomic E-state index is -4.77. The molecule has 8 heteroatoms. The summed E-state index contributed by atoms with van der Waals surface area (Å²) in [4.78, 5) is 16.2. The van der Waals surface area contributed by atoms with Gasteiger partial charge in [0.25, 0.3) is 0 Å². The third-order valence-electron chi connectivity index (χ3n) is 3.11. The smallest absolute Gasteiger partial charge is 0.406 e. The largest absolute Gasteiger partial charge is 0.573 e. The van der Waals surface area contributed by atoms with E-state index < -0.39 is 20.3 Å². The van der Waals surface area contributed by atoms with Crippen molar-refractivity contribution in [3.8, 4) is 17.2 Å². The average molecular weight is 392 g/mol. The Hall–Kier alpha value is -2.79. The fourth-order valence-electron chi connectivity index (χ4n) is 2.03. The highest BCUT2D eigenvalue weighted by atomic mass is 28.3. The number of benzene rings is 1. The van der Waals surface area contributed by atoms with Crippen LogP contribution in [-0.4, -0.2) is 25.3 Å². The van der Waals surface area contributed by atoms with E-state index in [9.17, 15) is 18.0 Å². The highest BCUT2D eigenvalue weighted by molar-refractivity contribution is 6.83. The molecule has 1 aromatic carbocycles. The number of ether oxygens (including phenoxy) is 1. The van der Waals surface area contributed by atoms with E-state index >= 15 is 0 Å². The number of amides is 1. The van der Waals surface area contributed by atoms with Crippen LogP contribution < -0.4 is 10.1 Å². The van der Waals surface area contributed by atoms with Gasteiger partial charge < -0.3 is 10.1 Å². The minimum Gasteiger partial charge on any atom is -0.406 e. The van der Waals surface area contributed by atoms with Gasteiger partial charge in [0.1, 0.15) is 19.6 Å². The summed E-state index contributed by atoms with van der Waals surface area (Å²) in [6.45, 7) is 6.41. The molecule has 2 rings (SSSR count). The normalized spacial score (nSPS) is 11.3. The highest BCUT2D eigenvalue weighted by Crippen LogP contribution is 2.23.